The van der Waals surface area contributed by atoms with E-state index in [4.69, 9.17) is 5.11 Å². The molecule has 0 amide bonds. The van der Waals surface area contributed by atoms with E-state index in [1.54, 1.807) is 0 Å². The summed E-state index contributed by atoms with van der Waals surface area (Å²) in [6.07, 6.45) is 1.29. The molecule has 1 aromatic heterocycles. The van der Waals surface area contributed by atoms with Crippen molar-refractivity contribution in [3.05, 3.63) is 18.1 Å². The normalized spacial score (nSPS) is 11.3. The van der Waals surface area contributed by atoms with Gasteiger partial charge < -0.3 is 10.00 Å². The van der Waals surface area contributed by atoms with Gasteiger partial charge in [0, 0.05) is 12.3 Å². The molecule has 0 aliphatic rings. The molecule has 0 aliphatic heterocycles. The molecule has 0 radical (unpaired) electrons. The van der Waals surface area contributed by atoms with Crippen LogP contribution in [-0.2, 0) is 11.2 Å². The Morgan fingerprint density at radius 2 is 2.45 bits per heavy atom. The summed E-state index contributed by atoms with van der Waals surface area (Å²) in [4.78, 5) is 17.5. The molecule has 0 fully saturated rings. The van der Waals surface area contributed by atoms with Gasteiger partial charge in [-0.3, -0.25) is 0 Å². The maximum atomic E-state index is 10.3. The number of aromatic nitrogens is 2. The molecule has 1 rings (SSSR count). The minimum atomic E-state index is -2.68. The van der Waals surface area contributed by atoms with Crippen LogP contribution in [0.3, 0.4) is 0 Å². The van der Waals surface area contributed by atoms with Gasteiger partial charge in [-0.2, -0.15) is 4.98 Å². The van der Waals surface area contributed by atoms with E-state index in [0.29, 0.717) is 0 Å². The van der Waals surface area contributed by atoms with E-state index in [2.05, 4.69) is 9.97 Å². The Labute approximate surface area is 63.6 Å². The van der Waals surface area contributed by atoms with Crippen molar-refractivity contribution in [1.29, 1.82) is 0 Å². The zero-order chi connectivity index (χ0) is 8.27. The highest BCUT2D eigenvalue weighted by molar-refractivity contribution is 7.45. The quantitative estimate of drug-likeness (QED) is 0.560. The zero-order valence-corrected chi connectivity index (χ0v) is 6.36. The Kier molecular flexibility index (Phi) is 2.59. The van der Waals surface area contributed by atoms with E-state index >= 15 is 0 Å². The van der Waals surface area contributed by atoms with E-state index in [0.717, 1.165) is 0 Å². The maximum absolute atomic E-state index is 10.3. The lowest BCUT2D eigenvalue weighted by molar-refractivity contribution is -0.160. The number of aliphatic hydroxyl groups excluding tert-OH is 1. The van der Waals surface area contributed by atoms with Crippen LogP contribution in [0.5, 0.6) is 0 Å². The van der Waals surface area contributed by atoms with Gasteiger partial charge in [0.2, 0.25) is 0 Å². The molecule has 1 N–H and O–H groups in total. The molecule has 11 heavy (non-hydrogen) atoms. The van der Waals surface area contributed by atoms with E-state index < -0.39 is 8.03 Å². The molecule has 58 valence electrons. The number of hydrogen-bond acceptors (Lipinski definition) is 5. The van der Waals surface area contributed by atoms with Gasteiger partial charge >= 0.3 is 8.03 Å². The fraction of sp³-hybridized carbons (Fsp3) is 0.200. The molecule has 5 nitrogen and oxygen atoms in total. The Morgan fingerprint density at radius 1 is 1.73 bits per heavy atom. The van der Waals surface area contributed by atoms with E-state index in [9.17, 15) is 9.46 Å². The highest BCUT2D eigenvalue weighted by Gasteiger charge is 2.09. The van der Waals surface area contributed by atoms with Gasteiger partial charge in [0.1, 0.15) is 6.61 Å². The van der Waals surface area contributed by atoms with Gasteiger partial charge in [-0.25, -0.2) is 4.98 Å². The molecule has 1 heterocycles. The van der Waals surface area contributed by atoms with Gasteiger partial charge in [-0.05, 0) is 0 Å². The molecule has 1 atom stereocenters. The van der Waals surface area contributed by atoms with Crippen molar-refractivity contribution in [2.24, 2.45) is 0 Å². The van der Waals surface area contributed by atoms with E-state index in [-0.39, 0.29) is 17.9 Å². The topological polar surface area (TPSA) is 86.1 Å². The highest BCUT2D eigenvalue weighted by Crippen LogP contribution is 2.03. The highest BCUT2D eigenvalue weighted by atomic mass is 31.1. The SMILES string of the molecule is O=[P+]([O-])c1ccnc(CO)n1. The summed E-state index contributed by atoms with van der Waals surface area (Å²) in [6.45, 7) is -0.350. The maximum Gasteiger partial charge on any atom is 0.369 e. The molecular weight excluding hydrogens is 167 g/mol. The van der Waals surface area contributed by atoms with Crippen molar-refractivity contribution in [1.82, 2.24) is 9.97 Å². The number of aliphatic hydroxyl groups is 1. The number of hydrogen-bond donors (Lipinski definition) is 1. The average Bonchev–Trinajstić information content (AvgIpc) is 2.05. The lowest BCUT2D eigenvalue weighted by Crippen LogP contribution is -2.12. The molecular formula is C5H5N2O3P. The van der Waals surface area contributed by atoms with Crippen molar-refractivity contribution < 1.29 is 14.6 Å². The zero-order valence-electron chi connectivity index (χ0n) is 5.47. The molecule has 0 saturated carbocycles. The fourth-order valence-corrected chi connectivity index (χ4v) is 0.952. The summed E-state index contributed by atoms with van der Waals surface area (Å²) < 4.78 is 10.3. The average molecular weight is 172 g/mol. The first-order valence-electron chi connectivity index (χ1n) is 2.81. The second kappa shape index (κ2) is 3.48. The summed E-state index contributed by atoms with van der Waals surface area (Å²) in [5, 5.41) is 8.52. The van der Waals surface area contributed by atoms with Crippen molar-refractivity contribution >= 4 is 13.5 Å². The van der Waals surface area contributed by atoms with Crippen LogP contribution in [0.4, 0.5) is 0 Å². The van der Waals surface area contributed by atoms with Crippen molar-refractivity contribution in [2.45, 2.75) is 6.61 Å². The smallest absolute Gasteiger partial charge is 0.369 e. The summed E-state index contributed by atoms with van der Waals surface area (Å²) in [6, 6.07) is 1.27. The lowest BCUT2D eigenvalue weighted by Gasteiger charge is -1.91. The molecule has 1 unspecified atom stereocenters. The van der Waals surface area contributed by atoms with Crippen LogP contribution >= 0.6 is 8.03 Å². The summed E-state index contributed by atoms with van der Waals surface area (Å²) in [5.74, 6) is 0.113. The molecule has 0 saturated heterocycles. The van der Waals surface area contributed by atoms with Gasteiger partial charge in [-0.1, -0.05) is 4.57 Å². The van der Waals surface area contributed by atoms with Crippen LogP contribution in [-0.4, -0.2) is 15.1 Å². The van der Waals surface area contributed by atoms with Crippen molar-refractivity contribution in [3.63, 3.8) is 0 Å². The standard InChI is InChI=1S/C5H5N2O3P/c8-3-4-6-2-1-5(7-4)11(9)10/h1-2,8H,3H2. The Morgan fingerprint density at radius 3 is 3.00 bits per heavy atom. The second-order valence-electron chi connectivity index (χ2n) is 1.75. The van der Waals surface area contributed by atoms with Crippen LogP contribution in [0.1, 0.15) is 5.82 Å². The molecule has 0 aromatic carbocycles. The van der Waals surface area contributed by atoms with Crippen molar-refractivity contribution in [3.8, 4) is 0 Å². The molecule has 0 bridgehead atoms. The summed E-state index contributed by atoms with van der Waals surface area (Å²) in [7, 11) is -2.68. The third-order valence-electron chi connectivity index (χ3n) is 1.02. The number of nitrogens with zero attached hydrogens (tertiary/aromatic N) is 2. The van der Waals surface area contributed by atoms with E-state index in [1.807, 2.05) is 0 Å². The predicted molar refractivity (Wildman–Crippen MR) is 35.2 cm³/mol. The second-order valence-corrected chi connectivity index (χ2v) is 2.72. The molecule has 0 aliphatic carbocycles. The summed E-state index contributed by atoms with van der Waals surface area (Å²) in [5.41, 5.74) is -0.0703. The minimum Gasteiger partial charge on any atom is -0.589 e. The number of rotatable bonds is 2. The third kappa shape index (κ3) is 2.01. The Balaban J connectivity index is 3.01. The first-order chi connectivity index (χ1) is 5.24. The van der Waals surface area contributed by atoms with E-state index in [1.165, 1.54) is 12.3 Å². The Hall–Kier alpha value is -0.900. The third-order valence-corrected chi connectivity index (χ3v) is 1.64. The van der Waals surface area contributed by atoms with Gasteiger partial charge in [-0.15, -0.1) is 0 Å². The molecule has 6 heteroatoms. The van der Waals surface area contributed by atoms with Gasteiger partial charge in [0.05, 0.1) is 0 Å². The van der Waals surface area contributed by atoms with Crippen LogP contribution in [0, 0.1) is 0 Å². The largest absolute Gasteiger partial charge is 0.589 e. The van der Waals surface area contributed by atoms with Crippen LogP contribution in [0.25, 0.3) is 0 Å². The van der Waals surface area contributed by atoms with Crippen molar-refractivity contribution in [2.75, 3.05) is 0 Å². The molecule has 1 aromatic rings. The van der Waals surface area contributed by atoms with Gasteiger partial charge in [0.15, 0.2) is 5.82 Å². The van der Waals surface area contributed by atoms with Crippen LogP contribution in [0.15, 0.2) is 12.3 Å². The van der Waals surface area contributed by atoms with Crippen LogP contribution < -0.4 is 10.3 Å². The first-order valence-corrected chi connectivity index (χ1v) is 3.99. The van der Waals surface area contributed by atoms with Crippen LogP contribution in [0.2, 0.25) is 0 Å². The minimum absolute atomic E-state index is 0.0703. The lowest BCUT2D eigenvalue weighted by atomic mass is 10.6. The summed E-state index contributed by atoms with van der Waals surface area (Å²) >= 11 is 0. The molecule has 0 spiro atoms. The Bertz CT molecular complexity index is 278. The predicted octanol–water partition coefficient (Wildman–Crippen LogP) is -1.30. The fourth-order valence-electron chi connectivity index (χ4n) is 0.566. The monoisotopic (exact) mass is 172 g/mol. The van der Waals surface area contributed by atoms with Gasteiger partial charge in [0.25, 0.3) is 5.44 Å². The first kappa shape index (κ1) is 8.20.